The molecule has 3 atom stereocenters. The molecule has 1 saturated carbocycles. The molecule has 0 N–H and O–H groups in total. The summed E-state index contributed by atoms with van der Waals surface area (Å²) in [6, 6.07) is 3.25. The Kier molecular flexibility index (Phi) is 3.66. The molecule has 0 amide bonds. The minimum atomic E-state index is -0.408. The third-order valence-corrected chi connectivity index (χ3v) is 4.05. The van der Waals surface area contributed by atoms with E-state index in [2.05, 4.69) is 16.8 Å². The van der Waals surface area contributed by atoms with E-state index in [1.807, 2.05) is 0 Å². The van der Waals surface area contributed by atoms with Crippen LogP contribution >= 0.6 is 0 Å². The van der Waals surface area contributed by atoms with Gasteiger partial charge in [-0.2, -0.15) is 0 Å². The molecule has 1 aliphatic heterocycles. The fourth-order valence-electron chi connectivity index (χ4n) is 3.10. The molecule has 3 unspecified atom stereocenters. The highest BCUT2D eigenvalue weighted by atomic mass is 19.1. The molecule has 2 fully saturated rings. The molecule has 0 spiro atoms. The molecule has 0 radical (unpaired) electrons. The molecule has 19 heavy (non-hydrogen) atoms. The Morgan fingerprint density at radius 1 is 1.53 bits per heavy atom. The molecule has 2 bridgehead atoms. The lowest BCUT2D eigenvalue weighted by atomic mass is 10.1. The van der Waals surface area contributed by atoms with Gasteiger partial charge >= 0.3 is 0 Å². The molecule has 3 rings (SSSR count). The number of hydrogen-bond acceptors (Lipinski definition) is 4. The van der Waals surface area contributed by atoms with Crippen molar-refractivity contribution < 1.29 is 13.9 Å². The first-order valence-corrected chi connectivity index (χ1v) is 6.92. The molecule has 0 aromatic carbocycles. The van der Waals surface area contributed by atoms with Crippen LogP contribution in [0.3, 0.4) is 0 Å². The fourth-order valence-corrected chi connectivity index (χ4v) is 3.10. The maximum atomic E-state index is 13.7. The summed E-state index contributed by atoms with van der Waals surface area (Å²) < 4.78 is 25.3. The lowest BCUT2D eigenvalue weighted by Crippen LogP contribution is -2.44. The number of hydrogen-bond donors (Lipinski definition) is 0. The fraction of sp³-hybridized carbons (Fsp3) is 0.643. The lowest BCUT2D eigenvalue weighted by Gasteiger charge is -2.30. The van der Waals surface area contributed by atoms with Gasteiger partial charge in [0, 0.05) is 18.8 Å². The van der Waals surface area contributed by atoms with E-state index in [-0.39, 0.29) is 18.1 Å². The predicted octanol–water partition coefficient (Wildman–Crippen LogP) is 1.85. The highest BCUT2D eigenvalue weighted by Crippen LogP contribution is 2.32. The summed E-state index contributed by atoms with van der Waals surface area (Å²) in [7, 11) is 0. The van der Waals surface area contributed by atoms with Gasteiger partial charge in [-0.3, -0.25) is 4.90 Å². The van der Waals surface area contributed by atoms with E-state index >= 15 is 0 Å². The Bertz CT molecular complexity index is 443. The van der Waals surface area contributed by atoms with Crippen LogP contribution in [-0.2, 0) is 4.74 Å². The molecule has 1 saturated heterocycles. The van der Waals surface area contributed by atoms with Crippen molar-refractivity contribution >= 4 is 0 Å². The van der Waals surface area contributed by atoms with Gasteiger partial charge in [0.2, 0.25) is 0 Å². The van der Waals surface area contributed by atoms with Gasteiger partial charge in [0.25, 0.3) is 5.88 Å². The van der Waals surface area contributed by atoms with Crippen molar-refractivity contribution in [2.45, 2.75) is 38.0 Å². The molecule has 1 aliphatic carbocycles. The Morgan fingerprint density at radius 3 is 3.21 bits per heavy atom. The maximum absolute atomic E-state index is 13.7. The minimum absolute atomic E-state index is 0.0583. The normalized spacial score (nSPS) is 31.2. The van der Waals surface area contributed by atoms with Crippen LogP contribution in [0.5, 0.6) is 5.88 Å². The molecular formula is C14H19FN2O2. The summed E-state index contributed by atoms with van der Waals surface area (Å²) in [4.78, 5) is 6.34. The van der Waals surface area contributed by atoms with Crippen LogP contribution in [0.1, 0.15) is 19.8 Å². The summed E-state index contributed by atoms with van der Waals surface area (Å²) in [5.41, 5.74) is 0. The monoisotopic (exact) mass is 266 g/mol. The molecule has 1 aromatic rings. The molecule has 2 heterocycles. The number of ether oxygens (including phenoxy) is 2. The van der Waals surface area contributed by atoms with Crippen LogP contribution in [0.4, 0.5) is 4.39 Å². The van der Waals surface area contributed by atoms with Gasteiger partial charge in [0.05, 0.1) is 12.7 Å². The maximum Gasteiger partial charge on any atom is 0.250 e. The average Bonchev–Trinajstić information content (AvgIpc) is 2.69. The van der Waals surface area contributed by atoms with Gasteiger partial charge in [-0.1, -0.05) is 6.92 Å². The summed E-state index contributed by atoms with van der Waals surface area (Å²) in [6.45, 7) is 4.74. The number of pyridine rings is 1. The van der Waals surface area contributed by atoms with E-state index in [1.165, 1.54) is 6.07 Å². The number of fused-ring (bicyclic) bond motifs is 2. The van der Waals surface area contributed by atoms with Crippen molar-refractivity contribution in [3.05, 3.63) is 24.1 Å². The largest absolute Gasteiger partial charge is 0.468 e. The van der Waals surface area contributed by atoms with E-state index in [0.29, 0.717) is 6.04 Å². The van der Waals surface area contributed by atoms with Crippen LogP contribution in [-0.4, -0.2) is 47.8 Å². The highest BCUT2D eigenvalue weighted by molar-refractivity contribution is 5.14. The van der Waals surface area contributed by atoms with Crippen molar-refractivity contribution in [3.63, 3.8) is 0 Å². The van der Waals surface area contributed by atoms with Gasteiger partial charge in [0.15, 0.2) is 5.82 Å². The standard InChI is InChI=1S/C14H19FN2O2/c1-2-17-8-9-18-12-6-5-11(17)13(12)19-14-10(15)4-3-7-16-14/h3-4,7,11-13H,2,5-6,8-9H2,1H3. The predicted molar refractivity (Wildman–Crippen MR) is 68.6 cm³/mol. The summed E-state index contributed by atoms with van der Waals surface area (Å²) >= 11 is 0. The molecule has 5 heteroatoms. The number of likely N-dealkylation sites (N-methyl/N-ethyl adjacent to an activating group) is 1. The van der Waals surface area contributed by atoms with Crippen LogP contribution in [0.15, 0.2) is 18.3 Å². The van der Waals surface area contributed by atoms with Crippen LogP contribution in [0.25, 0.3) is 0 Å². The third-order valence-electron chi connectivity index (χ3n) is 4.05. The van der Waals surface area contributed by atoms with E-state index < -0.39 is 5.82 Å². The molecule has 104 valence electrons. The zero-order valence-corrected chi connectivity index (χ0v) is 11.1. The van der Waals surface area contributed by atoms with Gasteiger partial charge in [-0.15, -0.1) is 0 Å². The van der Waals surface area contributed by atoms with Crippen LogP contribution in [0.2, 0.25) is 0 Å². The lowest BCUT2D eigenvalue weighted by molar-refractivity contribution is 0.000259. The molecule has 2 aliphatic rings. The van der Waals surface area contributed by atoms with E-state index in [4.69, 9.17) is 9.47 Å². The number of halogens is 1. The van der Waals surface area contributed by atoms with E-state index in [9.17, 15) is 4.39 Å². The second-order valence-corrected chi connectivity index (χ2v) is 5.06. The first-order chi connectivity index (χ1) is 9.29. The van der Waals surface area contributed by atoms with Crippen molar-refractivity contribution in [2.75, 3.05) is 19.7 Å². The second kappa shape index (κ2) is 5.43. The van der Waals surface area contributed by atoms with E-state index in [0.717, 1.165) is 32.5 Å². The Labute approximate surface area is 112 Å². The first kappa shape index (κ1) is 12.8. The zero-order chi connectivity index (χ0) is 13.2. The average molecular weight is 266 g/mol. The van der Waals surface area contributed by atoms with Gasteiger partial charge in [-0.25, -0.2) is 9.37 Å². The Morgan fingerprint density at radius 2 is 2.42 bits per heavy atom. The molecule has 1 aromatic heterocycles. The van der Waals surface area contributed by atoms with Gasteiger partial charge < -0.3 is 9.47 Å². The number of aromatic nitrogens is 1. The van der Waals surface area contributed by atoms with Crippen molar-refractivity contribution in [2.24, 2.45) is 0 Å². The number of nitrogens with zero attached hydrogens (tertiary/aromatic N) is 2. The van der Waals surface area contributed by atoms with Gasteiger partial charge in [0.1, 0.15) is 6.10 Å². The summed E-state index contributed by atoms with van der Waals surface area (Å²) in [6.07, 6.45) is 3.50. The summed E-state index contributed by atoms with van der Waals surface area (Å²) in [5, 5.41) is 0. The first-order valence-electron chi connectivity index (χ1n) is 6.92. The third kappa shape index (κ3) is 2.44. The topological polar surface area (TPSA) is 34.6 Å². The quantitative estimate of drug-likeness (QED) is 0.836. The second-order valence-electron chi connectivity index (χ2n) is 5.06. The minimum Gasteiger partial charge on any atom is -0.468 e. The van der Waals surface area contributed by atoms with Crippen LogP contribution < -0.4 is 4.74 Å². The van der Waals surface area contributed by atoms with Crippen molar-refractivity contribution in [3.8, 4) is 5.88 Å². The Hall–Kier alpha value is -1.20. The molecular weight excluding hydrogens is 247 g/mol. The van der Waals surface area contributed by atoms with E-state index in [1.54, 1.807) is 12.3 Å². The molecule has 4 nitrogen and oxygen atoms in total. The zero-order valence-electron chi connectivity index (χ0n) is 11.1. The van der Waals surface area contributed by atoms with Crippen molar-refractivity contribution in [1.29, 1.82) is 0 Å². The smallest absolute Gasteiger partial charge is 0.250 e. The number of rotatable bonds is 3. The van der Waals surface area contributed by atoms with Gasteiger partial charge in [-0.05, 0) is 31.5 Å². The highest BCUT2D eigenvalue weighted by Gasteiger charge is 2.43. The van der Waals surface area contributed by atoms with Crippen LogP contribution in [0, 0.1) is 5.82 Å². The Balaban J connectivity index is 1.81. The SMILES string of the molecule is CCN1CCOC2CCC1C2Oc1ncccc1F. The van der Waals surface area contributed by atoms with Crippen molar-refractivity contribution in [1.82, 2.24) is 9.88 Å². The summed E-state index contributed by atoms with van der Waals surface area (Å²) in [5.74, 6) is -0.319.